The van der Waals surface area contributed by atoms with Crippen molar-refractivity contribution in [2.24, 2.45) is 11.7 Å². The standard InChI is InChI=1S/C16H23N3S/c1-11-7-8-13-14(9-11)19-16(18-13)20-15-6-4-2-3-5-12(15)10-17/h7-9,12,15H,2-6,10,17H2,1H3,(H,18,19). The van der Waals surface area contributed by atoms with Gasteiger partial charge in [0.1, 0.15) is 0 Å². The van der Waals surface area contributed by atoms with Crippen LogP contribution in [-0.2, 0) is 0 Å². The van der Waals surface area contributed by atoms with E-state index in [4.69, 9.17) is 10.7 Å². The zero-order chi connectivity index (χ0) is 13.9. The molecule has 1 aliphatic carbocycles. The van der Waals surface area contributed by atoms with Gasteiger partial charge in [-0.15, -0.1) is 0 Å². The summed E-state index contributed by atoms with van der Waals surface area (Å²) in [6, 6.07) is 6.38. The first kappa shape index (κ1) is 14.0. The number of aryl methyl sites for hydroxylation is 1. The summed E-state index contributed by atoms with van der Waals surface area (Å²) in [7, 11) is 0. The van der Waals surface area contributed by atoms with Crippen LogP contribution in [0.15, 0.2) is 23.4 Å². The van der Waals surface area contributed by atoms with Gasteiger partial charge >= 0.3 is 0 Å². The van der Waals surface area contributed by atoms with Gasteiger partial charge in [0.2, 0.25) is 0 Å². The number of hydrogen-bond donors (Lipinski definition) is 2. The predicted molar refractivity (Wildman–Crippen MR) is 86.1 cm³/mol. The van der Waals surface area contributed by atoms with Crippen LogP contribution in [0.4, 0.5) is 0 Å². The van der Waals surface area contributed by atoms with E-state index >= 15 is 0 Å². The van der Waals surface area contributed by atoms with Gasteiger partial charge in [-0.3, -0.25) is 0 Å². The van der Waals surface area contributed by atoms with Crippen molar-refractivity contribution in [2.45, 2.75) is 49.4 Å². The van der Waals surface area contributed by atoms with Gasteiger partial charge in [0.25, 0.3) is 0 Å². The first-order valence-electron chi connectivity index (χ1n) is 7.59. The highest BCUT2D eigenvalue weighted by molar-refractivity contribution is 7.99. The lowest BCUT2D eigenvalue weighted by atomic mass is 10.0. The van der Waals surface area contributed by atoms with E-state index in [1.807, 2.05) is 11.8 Å². The Morgan fingerprint density at radius 2 is 2.15 bits per heavy atom. The van der Waals surface area contributed by atoms with Crippen LogP contribution in [0.25, 0.3) is 11.0 Å². The molecule has 1 aromatic carbocycles. The normalized spacial score (nSPS) is 23.9. The lowest BCUT2D eigenvalue weighted by Crippen LogP contribution is -2.24. The Bertz CT molecular complexity index is 578. The van der Waals surface area contributed by atoms with Gasteiger partial charge in [-0.05, 0) is 49.9 Å². The fourth-order valence-electron chi connectivity index (χ4n) is 3.07. The summed E-state index contributed by atoms with van der Waals surface area (Å²) < 4.78 is 0. The molecule has 0 amide bonds. The summed E-state index contributed by atoms with van der Waals surface area (Å²) >= 11 is 1.90. The molecule has 0 spiro atoms. The van der Waals surface area contributed by atoms with E-state index in [0.29, 0.717) is 11.2 Å². The van der Waals surface area contributed by atoms with Crippen LogP contribution in [0, 0.1) is 12.8 Å². The third-order valence-electron chi connectivity index (χ3n) is 4.27. The summed E-state index contributed by atoms with van der Waals surface area (Å²) in [6.07, 6.45) is 6.55. The molecular formula is C16H23N3S. The molecule has 0 bridgehead atoms. The molecule has 1 fully saturated rings. The maximum Gasteiger partial charge on any atom is 0.166 e. The summed E-state index contributed by atoms with van der Waals surface area (Å²) in [6.45, 7) is 2.92. The fourth-order valence-corrected chi connectivity index (χ4v) is 4.41. The molecule has 1 saturated carbocycles. The highest BCUT2D eigenvalue weighted by Gasteiger charge is 2.24. The van der Waals surface area contributed by atoms with Crippen LogP contribution in [0.3, 0.4) is 0 Å². The van der Waals surface area contributed by atoms with E-state index in [0.717, 1.165) is 22.7 Å². The second-order valence-corrected chi connectivity index (χ2v) is 7.08. The predicted octanol–water partition coefficient (Wildman–Crippen LogP) is 3.87. The van der Waals surface area contributed by atoms with E-state index in [9.17, 15) is 0 Å². The van der Waals surface area contributed by atoms with Crippen molar-refractivity contribution in [1.82, 2.24) is 9.97 Å². The van der Waals surface area contributed by atoms with E-state index in [1.165, 1.54) is 37.7 Å². The lowest BCUT2D eigenvalue weighted by Gasteiger charge is -2.21. The average molecular weight is 289 g/mol. The second kappa shape index (κ2) is 6.19. The number of nitrogens with zero attached hydrogens (tertiary/aromatic N) is 1. The monoisotopic (exact) mass is 289 g/mol. The number of H-pyrrole nitrogens is 1. The zero-order valence-corrected chi connectivity index (χ0v) is 12.9. The van der Waals surface area contributed by atoms with E-state index in [-0.39, 0.29) is 0 Å². The number of nitrogens with two attached hydrogens (primary N) is 1. The summed E-state index contributed by atoms with van der Waals surface area (Å²) in [5, 5.41) is 1.67. The molecule has 4 heteroatoms. The highest BCUT2D eigenvalue weighted by Crippen LogP contribution is 2.35. The van der Waals surface area contributed by atoms with E-state index in [2.05, 4.69) is 30.1 Å². The zero-order valence-electron chi connectivity index (χ0n) is 12.1. The molecule has 20 heavy (non-hydrogen) atoms. The van der Waals surface area contributed by atoms with Crippen molar-refractivity contribution in [3.05, 3.63) is 23.8 Å². The van der Waals surface area contributed by atoms with Gasteiger partial charge in [0.15, 0.2) is 5.16 Å². The van der Waals surface area contributed by atoms with Gasteiger partial charge in [-0.2, -0.15) is 0 Å². The van der Waals surface area contributed by atoms with Gasteiger partial charge < -0.3 is 10.7 Å². The van der Waals surface area contributed by atoms with Crippen molar-refractivity contribution >= 4 is 22.8 Å². The molecule has 0 saturated heterocycles. The van der Waals surface area contributed by atoms with Crippen LogP contribution < -0.4 is 5.73 Å². The molecular weight excluding hydrogens is 266 g/mol. The summed E-state index contributed by atoms with van der Waals surface area (Å²) in [4.78, 5) is 8.17. The average Bonchev–Trinajstić information content (AvgIpc) is 2.68. The number of imidazole rings is 1. The molecule has 3 nitrogen and oxygen atoms in total. The topological polar surface area (TPSA) is 54.7 Å². The molecule has 1 heterocycles. The van der Waals surface area contributed by atoms with Crippen molar-refractivity contribution in [2.75, 3.05) is 6.54 Å². The third kappa shape index (κ3) is 3.01. The Balaban J connectivity index is 1.80. The number of hydrogen-bond acceptors (Lipinski definition) is 3. The Kier molecular flexibility index (Phi) is 4.32. The molecule has 1 aromatic heterocycles. The second-order valence-electron chi connectivity index (χ2n) is 5.85. The van der Waals surface area contributed by atoms with Crippen molar-refractivity contribution in [1.29, 1.82) is 0 Å². The maximum atomic E-state index is 5.97. The number of nitrogens with one attached hydrogen (secondary N) is 1. The lowest BCUT2D eigenvalue weighted by molar-refractivity contribution is 0.483. The largest absolute Gasteiger partial charge is 0.333 e. The van der Waals surface area contributed by atoms with E-state index in [1.54, 1.807) is 0 Å². The number of aromatic nitrogens is 2. The maximum absolute atomic E-state index is 5.97. The number of rotatable bonds is 3. The first-order valence-corrected chi connectivity index (χ1v) is 8.47. The Morgan fingerprint density at radius 1 is 1.30 bits per heavy atom. The van der Waals surface area contributed by atoms with Crippen LogP contribution in [-0.4, -0.2) is 21.8 Å². The van der Waals surface area contributed by atoms with Crippen LogP contribution in [0.5, 0.6) is 0 Å². The van der Waals surface area contributed by atoms with Crippen molar-refractivity contribution in [3.63, 3.8) is 0 Å². The molecule has 108 valence electrons. The molecule has 3 rings (SSSR count). The van der Waals surface area contributed by atoms with Gasteiger partial charge in [-0.25, -0.2) is 4.98 Å². The van der Waals surface area contributed by atoms with Crippen molar-refractivity contribution in [3.8, 4) is 0 Å². The molecule has 3 N–H and O–H groups in total. The summed E-state index contributed by atoms with van der Waals surface area (Å²) in [5.41, 5.74) is 9.45. The van der Waals surface area contributed by atoms with E-state index < -0.39 is 0 Å². The number of benzene rings is 1. The molecule has 1 aliphatic rings. The Labute approximate surface area is 124 Å². The van der Waals surface area contributed by atoms with Gasteiger partial charge in [0, 0.05) is 5.25 Å². The minimum Gasteiger partial charge on any atom is -0.333 e. The molecule has 2 unspecified atom stereocenters. The number of aromatic amines is 1. The molecule has 2 aromatic rings. The van der Waals surface area contributed by atoms with Crippen LogP contribution in [0.2, 0.25) is 0 Å². The van der Waals surface area contributed by atoms with Crippen LogP contribution in [0.1, 0.15) is 37.7 Å². The molecule has 0 aliphatic heterocycles. The first-order chi connectivity index (χ1) is 9.76. The Morgan fingerprint density at radius 3 is 3.00 bits per heavy atom. The van der Waals surface area contributed by atoms with Gasteiger partial charge in [-0.1, -0.05) is 37.1 Å². The number of fused-ring (bicyclic) bond motifs is 1. The molecule has 2 atom stereocenters. The molecule has 0 radical (unpaired) electrons. The fraction of sp³-hybridized carbons (Fsp3) is 0.562. The summed E-state index contributed by atoms with van der Waals surface area (Å²) in [5.74, 6) is 0.637. The third-order valence-corrected chi connectivity index (χ3v) is 5.61. The Hall–Kier alpha value is -1.00. The minimum atomic E-state index is 0.615. The minimum absolute atomic E-state index is 0.615. The number of thioether (sulfide) groups is 1. The van der Waals surface area contributed by atoms with Crippen molar-refractivity contribution < 1.29 is 0 Å². The smallest absolute Gasteiger partial charge is 0.166 e. The highest BCUT2D eigenvalue weighted by atomic mass is 32.2. The van der Waals surface area contributed by atoms with Gasteiger partial charge in [0.05, 0.1) is 11.0 Å². The van der Waals surface area contributed by atoms with Crippen LogP contribution >= 0.6 is 11.8 Å². The quantitative estimate of drug-likeness (QED) is 0.843. The SMILES string of the molecule is Cc1ccc2nc(SC3CCCCCC3CN)[nH]c2c1.